The first-order valence-corrected chi connectivity index (χ1v) is 5.30. The van der Waals surface area contributed by atoms with Gasteiger partial charge in [0.15, 0.2) is 0 Å². The molecule has 14 heavy (non-hydrogen) atoms. The van der Waals surface area contributed by atoms with Crippen LogP contribution in [0.3, 0.4) is 0 Å². The lowest BCUT2D eigenvalue weighted by Gasteiger charge is -2.12. The van der Waals surface area contributed by atoms with Gasteiger partial charge >= 0.3 is 0 Å². The lowest BCUT2D eigenvalue weighted by Crippen LogP contribution is -2.11. The van der Waals surface area contributed by atoms with Crippen molar-refractivity contribution in [3.8, 4) is 0 Å². The Balaban J connectivity index is 2.16. The number of benzene rings is 1. The van der Waals surface area contributed by atoms with Crippen LogP contribution in [0.4, 0.5) is 5.69 Å². The zero-order valence-corrected chi connectivity index (χ0v) is 8.72. The molecule has 1 aliphatic rings. The number of fused-ring (bicyclic) bond motifs is 1. The maximum absolute atomic E-state index is 3.77. The van der Waals surface area contributed by atoms with Crippen molar-refractivity contribution in [1.29, 1.82) is 0 Å². The molecule has 0 aliphatic heterocycles. The van der Waals surface area contributed by atoms with Crippen LogP contribution in [-0.2, 0) is 12.8 Å². The maximum atomic E-state index is 3.77. The summed E-state index contributed by atoms with van der Waals surface area (Å²) in [5, 5.41) is 3.40. The Morgan fingerprint density at radius 1 is 1.36 bits per heavy atom. The van der Waals surface area contributed by atoms with Gasteiger partial charge in [0.1, 0.15) is 0 Å². The largest absolute Gasteiger partial charge is 0.379 e. The summed E-state index contributed by atoms with van der Waals surface area (Å²) in [5.41, 5.74) is 4.27. The Kier molecular flexibility index (Phi) is 2.58. The topological polar surface area (TPSA) is 12.0 Å². The molecule has 1 aromatic rings. The predicted octanol–water partition coefficient (Wildman–Crippen LogP) is 3.16. The van der Waals surface area contributed by atoms with E-state index in [0.717, 1.165) is 0 Å². The van der Waals surface area contributed by atoms with Gasteiger partial charge in [-0.25, -0.2) is 0 Å². The summed E-state index contributed by atoms with van der Waals surface area (Å²) in [4.78, 5) is 0. The number of anilines is 1. The van der Waals surface area contributed by atoms with Gasteiger partial charge in [-0.1, -0.05) is 12.1 Å². The van der Waals surface area contributed by atoms with E-state index in [2.05, 4.69) is 37.0 Å². The van der Waals surface area contributed by atoms with E-state index < -0.39 is 0 Å². The van der Waals surface area contributed by atoms with Crippen molar-refractivity contribution >= 4 is 5.69 Å². The molecule has 1 unspecified atom stereocenters. The molecular formula is C13H17N. The van der Waals surface area contributed by atoms with E-state index in [1.807, 2.05) is 6.08 Å². The van der Waals surface area contributed by atoms with E-state index >= 15 is 0 Å². The summed E-state index contributed by atoms with van der Waals surface area (Å²) in [6.07, 6.45) is 5.74. The molecule has 1 N–H and O–H groups in total. The number of nitrogens with one attached hydrogen (secondary N) is 1. The zero-order valence-electron chi connectivity index (χ0n) is 8.72. The molecular weight excluding hydrogens is 170 g/mol. The van der Waals surface area contributed by atoms with Crippen LogP contribution in [0.5, 0.6) is 0 Å². The summed E-state index contributed by atoms with van der Waals surface area (Å²) in [6, 6.07) is 7.04. The molecule has 0 saturated carbocycles. The third-order valence-electron chi connectivity index (χ3n) is 2.85. The van der Waals surface area contributed by atoms with Crippen molar-refractivity contribution in [3.63, 3.8) is 0 Å². The Labute approximate surface area is 85.8 Å². The molecule has 2 rings (SSSR count). The van der Waals surface area contributed by atoms with Crippen LogP contribution < -0.4 is 5.32 Å². The van der Waals surface area contributed by atoms with Crippen molar-refractivity contribution in [2.45, 2.75) is 32.2 Å². The minimum Gasteiger partial charge on any atom is -0.379 e. The van der Waals surface area contributed by atoms with E-state index in [-0.39, 0.29) is 0 Å². The normalized spacial score (nSPS) is 16.1. The van der Waals surface area contributed by atoms with Crippen LogP contribution in [0.25, 0.3) is 0 Å². The third-order valence-corrected chi connectivity index (χ3v) is 2.85. The number of aryl methyl sites for hydroxylation is 2. The summed E-state index contributed by atoms with van der Waals surface area (Å²) in [6.45, 7) is 5.88. The van der Waals surface area contributed by atoms with Crippen LogP contribution in [0.15, 0.2) is 30.9 Å². The van der Waals surface area contributed by atoms with E-state index in [1.54, 1.807) is 0 Å². The molecule has 74 valence electrons. The Bertz CT molecular complexity index is 341. The van der Waals surface area contributed by atoms with Gasteiger partial charge in [-0.3, -0.25) is 0 Å². The van der Waals surface area contributed by atoms with Gasteiger partial charge in [0.25, 0.3) is 0 Å². The van der Waals surface area contributed by atoms with Crippen molar-refractivity contribution < 1.29 is 0 Å². The molecule has 0 heterocycles. The smallest absolute Gasteiger partial charge is 0.0413 e. The molecule has 0 spiro atoms. The Morgan fingerprint density at radius 3 is 2.93 bits per heavy atom. The van der Waals surface area contributed by atoms with Gasteiger partial charge in [0.2, 0.25) is 0 Å². The molecule has 1 aliphatic carbocycles. The maximum Gasteiger partial charge on any atom is 0.0413 e. The first-order chi connectivity index (χ1) is 6.79. The van der Waals surface area contributed by atoms with Gasteiger partial charge in [0.05, 0.1) is 0 Å². The highest BCUT2D eigenvalue weighted by Crippen LogP contribution is 2.25. The van der Waals surface area contributed by atoms with Crippen molar-refractivity contribution in [3.05, 3.63) is 42.0 Å². The summed E-state index contributed by atoms with van der Waals surface area (Å²) >= 11 is 0. The average molecular weight is 187 g/mol. The van der Waals surface area contributed by atoms with Crippen LogP contribution in [0.2, 0.25) is 0 Å². The minimum absolute atomic E-state index is 0.342. The van der Waals surface area contributed by atoms with Crippen molar-refractivity contribution in [2.24, 2.45) is 0 Å². The van der Waals surface area contributed by atoms with Gasteiger partial charge in [0, 0.05) is 11.7 Å². The van der Waals surface area contributed by atoms with Crippen LogP contribution in [0, 0.1) is 0 Å². The van der Waals surface area contributed by atoms with Gasteiger partial charge < -0.3 is 5.32 Å². The molecule has 1 atom stereocenters. The lowest BCUT2D eigenvalue weighted by atomic mass is 10.1. The molecule has 0 bridgehead atoms. The molecule has 0 amide bonds. The van der Waals surface area contributed by atoms with E-state index in [1.165, 1.54) is 36.1 Å². The SMILES string of the molecule is C=CC(C)Nc1ccc2c(c1)CCC2. The first-order valence-electron chi connectivity index (χ1n) is 5.30. The molecule has 1 heteroatoms. The molecule has 0 radical (unpaired) electrons. The fraction of sp³-hybridized carbons (Fsp3) is 0.385. The van der Waals surface area contributed by atoms with Crippen LogP contribution in [0.1, 0.15) is 24.5 Å². The van der Waals surface area contributed by atoms with Gasteiger partial charge in [-0.15, -0.1) is 6.58 Å². The fourth-order valence-corrected chi connectivity index (χ4v) is 1.98. The highest BCUT2D eigenvalue weighted by Gasteiger charge is 2.10. The van der Waals surface area contributed by atoms with Crippen LogP contribution in [-0.4, -0.2) is 6.04 Å². The minimum atomic E-state index is 0.342. The number of hydrogen-bond acceptors (Lipinski definition) is 1. The highest BCUT2D eigenvalue weighted by atomic mass is 14.9. The summed E-state index contributed by atoms with van der Waals surface area (Å²) in [7, 11) is 0. The second-order valence-electron chi connectivity index (χ2n) is 4.01. The second-order valence-corrected chi connectivity index (χ2v) is 4.01. The zero-order chi connectivity index (χ0) is 9.97. The van der Waals surface area contributed by atoms with Crippen molar-refractivity contribution in [2.75, 3.05) is 5.32 Å². The molecule has 0 fully saturated rings. The predicted molar refractivity (Wildman–Crippen MR) is 61.7 cm³/mol. The van der Waals surface area contributed by atoms with Gasteiger partial charge in [-0.05, 0) is 49.4 Å². The van der Waals surface area contributed by atoms with E-state index in [9.17, 15) is 0 Å². The van der Waals surface area contributed by atoms with E-state index in [0.29, 0.717) is 6.04 Å². The monoisotopic (exact) mass is 187 g/mol. The average Bonchev–Trinajstić information content (AvgIpc) is 2.64. The standard InChI is InChI=1S/C13H17N/c1-3-10(2)14-13-8-7-11-5-4-6-12(11)9-13/h3,7-10,14H,1,4-6H2,2H3. The number of hydrogen-bond donors (Lipinski definition) is 1. The molecule has 1 nitrogen and oxygen atoms in total. The third kappa shape index (κ3) is 1.82. The number of rotatable bonds is 3. The highest BCUT2D eigenvalue weighted by molar-refractivity contribution is 5.51. The Hall–Kier alpha value is -1.24. The molecule has 0 saturated heterocycles. The van der Waals surface area contributed by atoms with Crippen molar-refractivity contribution in [1.82, 2.24) is 0 Å². The first kappa shape index (κ1) is 9.32. The summed E-state index contributed by atoms with van der Waals surface area (Å²) < 4.78 is 0. The molecule has 1 aromatic carbocycles. The Morgan fingerprint density at radius 2 is 2.14 bits per heavy atom. The fourth-order valence-electron chi connectivity index (χ4n) is 1.98. The summed E-state index contributed by atoms with van der Waals surface area (Å²) in [5.74, 6) is 0. The van der Waals surface area contributed by atoms with Crippen LogP contribution >= 0.6 is 0 Å². The second kappa shape index (κ2) is 3.87. The molecule has 0 aromatic heterocycles. The van der Waals surface area contributed by atoms with Gasteiger partial charge in [-0.2, -0.15) is 0 Å². The van der Waals surface area contributed by atoms with E-state index in [4.69, 9.17) is 0 Å². The lowest BCUT2D eigenvalue weighted by molar-refractivity contribution is 0.911. The quantitative estimate of drug-likeness (QED) is 0.717.